The summed E-state index contributed by atoms with van der Waals surface area (Å²) in [5.74, 6) is -0.715. The molecule has 10 heteroatoms. The fourth-order valence-electron chi connectivity index (χ4n) is 2.19. The summed E-state index contributed by atoms with van der Waals surface area (Å²) in [5.41, 5.74) is 7.59. The summed E-state index contributed by atoms with van der Waals surface area (Å²) in [6.07, 6.45) is -4.26. The van der Waals surface area contributed by atoms with Gasteiger partial charge in [0.05, 0.1) is 11.6 Å². The molecule has 0 saturated carbocycles. The number of carbonyl (C=O) groups excluding carboxylic acids is 2. The Morgan fingerprint density at radius 2 is 1.44 bits per heavy atom. The Labute approximate surface area is 152 Å². The number of nitrogens with two attached hydrogens (primary N) is 1. The van der Waals surface area contributed by atoms with Crippen LogP contribution in [0.1, 0.15) is 11.1 Å². The Bertz CT molecular complexity index is 793. The van der Waals surface area contributed by atoms with Gasteiger partial charge in [-0.2, -0.15) is 13.2 Å². The SMILES string of the molecule is N[C@@H](Cc1ccc(NC(=O)Nc2ccc(C(F)(F)F)cc2)cc1)C(=O)NO. The van der Waals surface area contributed by atoms with Gasteiger partial charge < -0.3 is 16.4 Å². The zero-order chi connectivity index (χ0) is 20.0. The fourth-order valence-corrected chi connectivity index (χ4v) is 2.19. The summed E-state index contributed by atoms with van der Waals surface area (Å²) < 4.78 is 37.5. The number of benzene rings is 2. The normalized spacial score (nSPS) is 12.2. The Hall–Kier alpha value is -3.11. The number of urea groups is 1. The van der Waals surface area contributed by atoms with E-state index in [0.717, 1.165) is 24.3 Å². The molecular weight excluding hydrogens is 365 g/mol. The number of alkyl halides is 3. The van der Waals surface area contributed by atoms with Crippen LogP contribution in [0.15, 0.2) is 48.5 Å². The molecule has 0 aliphatic rings. The molecule has 1 atom stereocenters. The van der Waals surface area contributed by atoms with E-state index in [1.165, 1.54) is 5.48 Å². The van der Waals surface area contributed by atoms with Crippen molar-refractivity contribution < 1.29 is 28.0 Å². The van der Waals surface area contributed by atoms with E-state index in [1.54, 1.807) is 24.3 Å². The molecule has 0 unspecified atom stereocenters. The molecule has 0 aliphatic carbocycles. The molecule has 0 fully saturated rings. The molecule has 0 radical (unpaired) electrons. The Morgan fingerprint density at radius 3 is 1.89 bits per heavy atom. The Morgan fingerprint density at radius 1 is 0.963 bits per heavy atom. The average Bonchev–Trinajstić information content (AvgIpc) is 2.62. The summed E-state index contributed by atoms with van der Waals surface area (Å²) in [6.45, 7) is 0. The van der Waals surface area contributed by atoms with Crippen molar-refractivity contribution in [3.63, 3.8) is 0 Å². The summed E-state index contributed by atoms with van der Waals surface area (Å²) in [5, 5.41) is 13.5. The molecule has 0 spiro atoms. The first-order valence-electron chi connectivity index (χ1n) is 7.73. The summed E-state index contributed by atoms with van der Waals surface area (Å²) in [6, 6.07) is 8.92. The number of hydrogen-bond acceptors (Lipinski definition) is 4. The van der Waals surface area contributed by atoms with E-state index in [1.807, 2.05) is 0 Å². The van der Waals surface area contributed by atoms with Crippen LogP contribution in [0.4, 0.5) is 29.3 Å². The van der Waals surface area contributed by atoms with Crippen molar-refractivity contribution in [3.8, 4) is 0 Å². The number of amides is 3. The van der Waals surface area contributed by atoms with Crippen LogP contribution in [0, 0.1) is 0 Å². The minimum absolute atomic E-state index is 0.185. The smallest absolute Gasteiger partial charge is 0.320 e. The lowest BCUT2D eigenvalue weighted by molar-refractivity contribution is -0.137. The molecule has 2 aromatic carbocycles. The van der Waals surface area contributed by atoms with Gasteiger partial charge in [0.2, 0.25) is 0 Å². The highest BCUT2D eigenvalue weighted by Gasteiger charge is 2.29. The van der Waals surface area contributed by atoms with Gasteiger partial charge in [0, 0.05) is 11.4 Å². The highest BCUT2D eigenvalue weighted by Crippen LogP contribution is 2.29. The minimum Gasteiger partial charge on any atom is -0.320 e. The number of anilines is 2. The van der Waals surface area contributed by atoms with Gasteiger partial charge in [-0.3, -0.25) is 10.0 Å². The maximum absolute atomic E-state index is 12.5. The lowest BCUT2D eigenvalue weighted by Crippen LogP contribution is -2.40. The molecule has 0 saturated heterocycles. The van der Waals surface area contributed by atoms with Crippen LogP contribution in [0.2, 0.25) is 0 Å². The summed E-state index contributed by atoms with van der Waals surface area (Å²) >= 11 is 0. The highest BCUT2D eigenvalue weighted by atomic mass is 19.4. The van der Waals surface area contributed by atoms with Gasteiger partial charge in [-0.25, -0.2) is 10.3 Å². The monoisotopic (exact) mass is 382 g/mol. The predicted molar refractivity (Wildman–Crippen MR) is 92.1 cm³/mol. The zero-order valence-corrected chi connectivity index (χ0v) is 13.9. The van der Waals surface area contributed by atoms with Crippen LogP contribution in [-0.2, 0) is 17.4 Å². The second-order valence-corrected chi connectivity index (χ2v) is 5.64. The van der Waals surface area contributed by atoms with Crippen LogP contribution < -0.4 is 21.8 Å². The zero-order valence-electron chi connectivity index (χ0n) is 13.9. The maximum Gasteiger partial charge on any atom is 0.416 e. The molecule has 6 N–H and O–H groups in total. The molecule has 7 nitrogen and oxygen atoms in total. The molecule has 2 aromatic rings. The number of halogens is 3. The summed E-state index contributed by atoms with van der Waals surface area (Å²) in [7, 11) is 0. The predicted octanol–water partition coefficient (Wildman–Crippen LogP) is 2.72. The lowest BCUT2D eigenvalue weighted by atomic mass is 10.1. The highest BCUT2D eigenvalue weighted by molar-refractivity contribution is 5.99. The summed E-state index contributed by atoms with van der Waals surface area (Å²) in [4.78, 5) is 23.1. The first-order valence-corrected chi connectivity index (χ1v) is 7.73. The third-order valence-electron chi connectivity index (χ3n) is 3.58. The number of hydroxylamine groups is 1. The van der Waals surface area contributed by atoms with Crippen LogP contribution >= 0.6 is 0 Å². The maximum atomic E-state index is 12.5. The van der Waals surface area contributed by atoms with Gasteiger partial charge in [-0.1, -0.05) is 12.1 Å². The van der Waals surface area contributed by atoms with Gasteiger partial charge in [0.25, 0.3) is 5.91 Å². The van der Waals surface area contributed by atoms with Gasteiger partial charge >= 0.3 is 12.2 Å². The van der Waals surface area contributed by atoms with E-state index in [0.29, 0.717) is 11.3 Å². The Balaban J connectivity index is 1.91. The standard InChI is InChI=1S/C17H17F3N4O3/c18-17(19,20)11-3-7-13(8-4-11)23-16(26)22-12-5-1-10(2-6-12)9-14(21)15(25)24-27/h1-8,14,27H,9,21H2,(H,24,25)(H2,22,23,26)/t14-/m0/s1. The molecule has 0 aliphatic heterocycles. The third kappa shape index (κ3) is 5.97. The van der Waals surface area contributed by atoms with Gasteiger partial charge in [0.1, 0.15) is 0 Å². The fraction of sp³-hybridized carbons (Fsp3) is 0.176. The van der Waals surface area contributed by atoms with Crippen molar-refractivity contribution >= 4 is 23.3 Å². The van der Waals surface area contributed by atoms with Crippen molar-refractivity contribution in [2.75, 3.05) is 10.6 Å². The third-order valence-corrected chi connectivity index (χ3v) is 3.58. The molecule has 3 amide bonds. The van der Waals surface area contributed by atoms with E-state index in [9.17, 15) is 22.8 Å². The second-order valence-electron chi connectivity index (χ2n) is 5.64. The van der Waals surface area contributed by atoms with Gasteiger partial charge in [-0.15, -0.1) is 0 Å². The second kappa shape index (κ2) is 8.52. The number of hydrogen-bond donors (Lipinski definition) is 5. The van der Waals surface area contributed by atoms with E-state index >= 15 is 0 Å². The van der Waals surface area contributed by atoms with Gasteiger partial charge in [-0.05, 0) is 48.4 Å². The van der Waals surface area contributed by atoms with E-state index in [4.69, 9.17) is 10.9 Å². The van der Waals surface area contributed by atoms with Crippen molar-refractivity contribution in [2.45, 2.75) is 18.6 Å². The first kappa shape index (κ1) is 20.2. The molecule has 27 heavy (non-hydrogen) atoms. The van der Waals surface area contributed by atoms with Crippen LogP contribution in [0.5, 0.6) is 0 Å². The number of rotatable bonds is 5. The topological polar surface area (TPSA) is 116 Å². The van der Waals surface area contributed by atoms with Crippen LogP contribution in [0.3, 0.4) is 0 Å². The van der Waals surface area contributed by atoms with Crippen molar-refractivity contribution in [2.24, 2.45) is 5.73 Å². The van der Waals surface area contributed by atoms with Crippen LogP contribution in [0.25, 0.3) is 0 Å². The van der Waals surface area contributed by atoms with E-state index in [2.05, 4.69) is 10.6 Å². The van der Waals surface area contributed by atoms with Crippen molar-refractivity contribution in [3.05, 3.63) is 59.7 Å². The van der Waals surface area contributed by atoms with Crippen LogP contribution in [-0.4, -0.2) is 23.2 Å². The molecular formula is C17H17F3N4O3. The molecule has 2 rings (SSSR count). The Kier molecular flexibility index (Phi) is 6.37. The molecule has 0 aromatic heterocycles. The van der Waals surface area contributed by atoms with Gasteiger partial charge in [0.15, 0.2) is 0 Å². The van der Waals surface area contributed by atoms with E-state index in [-0.39, 0.29) is 12.1 Å². The quantitative estimate of drug-likeness (QED) is 0.404. The largest absolute Gasteiger partial charge is 0.416 e. The number of nitrogens with one attached hydrogen (secondary N) is 3. The molecule has 0 heterocycles. The number of carbonyl (C=O) groups is 2. The van der Waals surface area contributed by atoms with Crippen molar-refractivity contribution in [1.82, 2.24) is 5.48 Å². The average molecular weight is 382 g/mol. The minimum atomic E-state index is -4.44. The van der Waals surface area contributed by atoms with Crippen molar-refractivity contribution in [1.29, 1.82) is 0 Å². The first-order chi connectivity index (χ1) is 12.7. The molecule has 144 valence electrons. The van der Waals surface area contributed by atoms with E-state index < -0.39 is 29.7 Å². The molecule has 0 bridgehead atoms. The lowest BCUT2D eigenvalue weighted by Gasteiger charge is -2.11.